The molecule has 1 aliphatic heterocycles. The van der Waals surface area contributed by atoms with Crippen LogP contribution in [0.4, 0.5) is 0 Å². The topological polar surface area (TPSA) is 75.0 Å². The molecule has 1 fully saturated rings. The summed E-state index contributed by atoms with van der Waals surface area (Å²) >= 11 is 0. The maximum Gasteiger partial charge on any atom is 0.213 e. The van der Waals surface area contributed by atoms with Gasteiger partial charge in [-0.3, -0.25) is 9.69 Å². The van der Waals surface area contributed by atoms with E-state index in [1.165, 1.54) is 11.8 Å². The number of nitrogens with zero attached hydrogens (tertiary/aromatic N) is 3. The highest BCUT2D eigenvalue weighted by atomic mass is 35.5. The molecule has 1 aliphatic rings. The lowest BCUT2D eigenvalue weighted by atomic mass is 9.97. The van der Waals surface area contributed by atoms with Gasteiger partial charge in [-0.1, -0.05) is 35.5 Å². The Morgan fingerprint density at radius 2 is 2.00 bits per heavy atom. The Bertz CT molecular complexity index is 747. The third-order valence-electron chi connectivity index (χ3n) is 4.62. The second-order valence-electron chi connectivity index (χ2n) is 6.51. The van der Waals surface area contributed by atoms with Crippen LogP contribution in [0.2, 0.25) is 0 Å². The first-order valence-corrected chi connectivity index (χ1v) is 8.81. The van der Waals surface area contributed by atoms with Crippen molar-refractivity contribution in [2.45, 2.75) is 19.4 Å². The Morgan fingerprint density at radius 1 is 1.26 bits per heavy atom. The second kappa shape index (κ2) is 10.6. The molecular weight excluding hydrogens is 366 g/mol. The SMILES string of the molecule is Cl.O=C(C=NO)c1ccnc(OCC2CCN(Cc3ccccc3)CC2)c1. The van der Waals surface area contributed by atoms with Gasteiger partial charge < -0.3 is 9.94 Å². The molecule has 1 N–H and O–H groups in total. The van der Waals surface area contributed by atoms with Crippen molar-refractivity contribution in [3.63, 3.8) is 0 Å². The van der Waals surface area contributed by atoms with E-state index >= 15 is 0 Å². The van der Waals surface area contributed by atoms with Crippen molar-refractivity contribution in [2.24, 2.45) is 11.1 Å². The first kappa shape index (κ1) is 20.9. The normalized spacial score (nSPS) is 15.4. The Morgan fingerprint density at radius 3 is 2.70 bits per heavy atom. The molecule has 0 spiro atoms. The predicted octanol–water partition coefficient (Wildman–Crippen LogP) is 3.44. The monoisotopic (exact) mass is 389 g/mol. The van der Waals surface area contributed by atoms with Crippen LogP contribution in [0.5, 0.6) is 5.88 Å². The summed E-state index contributed by atoms with van der Waals surface area (Å²) in [4.78, 5) is 18.3. The molecule has 3 rings (SSSR count). The zero-order valence-corrected chi connectivity index (χ0v) is 15.8. The number of piperidine rings is 1. The average Bonchev–Trinajstić information content (AvgIpc) is 2.69. The molecule has 0 amide bonds. The fourth-order valence-corrected chi connectivity index (χ4v) is 3.12. The zero-order chi connectivity index (χ0) is 18.2. The number of ketones is 1. The van der Waals surface area contributed by atoms with Crippen LogP contribution in [0.3, 0.4) is 0 Å². The Balaban J connectivity index is 0.00000261. The molecule has 2 aromatic rings. The van der Waals surface area contributed by atoms with Crippen molar-refractivity contribution in [3.05, 3.63) is 59.8 Å². The molecule has 0 radical (unpaired) electrons. The summed E-state index contributed by atoms with van der Waals surface area (Å²) in [5.41, 5.74) is 1.74. The molecule has 0 unspecified atom stereocenters. The van der Waals surface area contributed by atoms with Crippen LogP contribution in [0, 0.1) is 5.92 Å². The quantitative estimate of drug-likeness (QED) is 0.340. The summed E-state index contributed by atoms with van der Waals surface area (Å²) in [5.74, 6) is 0.532. The number of oxime groups is 1. The molecule has 7 heteroatoms. The Hall–Kier alpha value is -2.44. The van der Waals surface area contributed by atoms with Crippen LogP contribution in [0.25, 0.3) is 0 Å². The number of hydrogen-bond donors (Lipinski definition) is 1. The van der Waals surface area contributed by atoms with Crippen LogP contribution in [-0.2, 0) is 6.54 Å². The third kappa shape index (κ3) is 6.34. The summed E-state index contributed by atoms with van der Waals surface area (Å²) in [6.45, 7) is 3.70. The number of halogens is 1. The number of rotatable bonds is 7. The Labute approximate surface area is 165 Å². The van der Waals surface area contributed by atoms with Gasteiger partial charge in [-0.25, -0.2) is 4.98 Å². The molecule has 2 heterocycles. The van der Waals surface area contributed by atoms with Gasteiger partial charge in [0.25, 0.3) is 0 Å². The van der Waals surface area contributed by atoms with Gasteiger partial charge in [-0.2, -0.15) is 0 Å². The minimum Gasteiger partial charge on any atom is -0.477 e. The predicted molar refractivity (Wildman–Crippen MR) is 106 cm³/mol. The van der Waals surface area contributed by atoms with Crippen molar-refractivity contribution in [1.29, 1.82) is 0 Å². The number of carbonyl (C=O) groups excluding carboxylic acids is 1. The van der Waals surface area contributed by atoms with E-state index in [0.29, 0.717) is 24.0 Å². The van der Waals surface area contributed by atoms with Gasteiger partial charge in [0.15, 0.2) is 0 Å². The number of aromatic nitrogens is 1. The lowest BCUT2D eigenvalue weighted by Crippen LogP contribution is -2.35. The first-order chi connectivity index (χ1) is 12.7. The number of pyridine rings is 1. The van der Waals surface area contributed by atoms with E-state index in [4.69, 9.17) is 9.94 Å². The van der Waals surface area contributed by atoms with Crippen molar-refractivity contribution in [2.75, 3.05) is 19.7 Å². The van der Waals surface area contributed by atoms with Crippen LogP contribution < -0.4 is 4.74 Å². The molecule has 0 atom stereocenters. The summed E-state index contributed by atoms with van der Waals surface area (Å²) in [7, 11) is 0. The van der Waals surface area contributed by atoms with Crippen LogP contribution in [0.1, 0.15) is 28.8 Å². The average molecular weight is 390 g/mol. The van der Waals surface area contributed by atoms with E-state index in [1.807, 2.05) is 6.07 Å². The van der Waals surface area contributed by atoms with Crippen molar-refractivity contribution < 1.29 is 14.7 Å². The molecular formula is C20H24ClN3O3. The molecule has 27 heavy (non-hydrogen) atoms. The summed E-state index contributed by atoms with van der Waals surface area (Å²) in [6.07, 6.45) is 4.56. The number of ether oxygens (including phenoxy) is 1. The van der Waals surface area contributed by atoms with E-state index in [-0.39, 0.29) is 18.2 Å². The van der Waals surface area contributed by atoms with E-state index in [0.717, 1.165) is 38.7 Å². The van der Waals surface area contributed by atoms with Crippen LogP contribution in [-0.4, -0.2) is 46.8 Å². The third-order valence-corrected chi connectivity index (χ3v) is 4.62. The fourth-order valence-electron chi connectivity index (χ4n) is 3.12. The first-order valence-electron chi connectivity index (χ1n) is 8.81. The van der Waals surface area contributed by atoms with Gasteiger partial charge in [-0.05, 0) is 43.5 Å². The zero-order valence-electron chi connectivity index (χ0n) is 15.0. The highest BCUT2D eigenvalue weighted by Gasteiger charge is 2.20. The largest absolute Gasteiger partial charge is 0.477 e. The molecule has 0 saturated carbocycles. The minimum atomic E-state index is -0.381. The van der Waals surface area contributed by atoms with E-state index in [9.17, 15) is 4.79 Å². The lowest BCUT2D eigenvalue weighted by Gasteiger charge is -2.31. The maximum atomic E-state index is 11.7. The van der Waals surface area contributed by atoms with Gasteiger partial charge in [0.05, 0.1) is 6.61 Å². The molecule has 6 nitrogen and oxygen atoms in total. The van der Waals surface area contributed by atoms with Gasteiger partial charge in [0.2, 0.25) is 11.7 Å². The van der Waals surface area contributed by atoms with E-state index < -0.39 is 0 Å². The smallest absolute Gasteiger partial charge is 0.213 e. The lowest BCUT2D eigenvalue weighted by molar-refractivity contribution is 0.106. The second-order valence-corrected chi connectivity index (χ2v) is 6.51. The summed E-state index contributed by atoms with van der Waals surface area (Å²) < 4.78 is 5.78. The van der Waals surface area contributed by atoms with Gasteiger partial charge >= 0.3 is 0 Å². The van der Waals surface area contributed by atoms with Crippen molar-refractivity contribution in [3.8, 4) is 5.88 Å². The highest BCUT2D eigenvalue weighted by molar-refractivity contribution is 6.35. The standard InChI is InChI=1S/C20H23N3O3.ClH/c24-19(13-22-25)18-6-9-21-20(12-18)26-15-17-7-10-23(11-8-17)14-16-4-2-1-3-5-16;/h1-6,9,12-13,17,25H,7-8,10-11,14-15H2;1H. The number of benzene rings is 1. The van der Waals surface area contributed by atoms with E-state index in [2.05, 4.69) is 39.3 Å². The van der Waals surface area contributed by atoms with Crippen LogP contribution >= 0.6 is 12.4 Å². The van der Waals surface area contributed by atoms with Gasteiger partial charge in [-0.15, -0.1) is 12.4 Å². The molecule has 0 bridgehead atoms. The highest BCUT2D eigenvalue weighted by Crippen LogP contribution is 2.20. The van der Waals surface area contributed by atoms with Crippen molar-refractivity contribution >= 4 is 24.4 Å². The maximum absolute atomic E-state index is 11.7. The summed E-state index contributed by atoms with van der Waals surface area (Å²) in [5, 5.41) is 11.2. The number of likely N-dealkylation sites (tertiary alicyclic amines) is 1. The van der Waals surface area contributed by atoms with E-state index in [1.54, 1.807) is 12.1 Å². The fraction of sp³-hybridized carbons (Fsp3) is 0.350. The van der Waals surface area contributed by atoms with Gasteiger partial charge in [0.1, 0.15) is 6.21 Å². The molecule has 1 saturated heterocycles. The number of Topliss-reactive ketones (excluding diaryl/α,β-unsaturated/α-hetero) is 1. The van der Waals surface area contributed by atoms with Crippen LogP contribution in [0.15, 0.2) is 53.8 Å². The van der Waals surface area contributed by atoms with Gasteiger partial charge in [0, 0.05) is 24.4 Å². The molecule has 1 aromatic carbocycles. The number of hydrogen-bond acceptors (Lipinski definition) is 6. The summed E-state index contributed by atoms with van der Waals surface area (Å²) in [6, 6.07) is 13.7. The Kier molecular flexibility index (Phi) is 8.23. The number of carbonyl (C=O) groups is 1. The molecule has 1 aromatic heterocycles. The van der Waals surface area contributed by atoms with Crippen molar-refractivity contribution in [1.82, 2.24) is 9.88 Å². The minimum absolute atomic E-state index is 0. The molecule has 144 valence electrons. The molecule has 0 aliphatic carbocycles.